The summed E-state index contributed by atoms with van der Waals surface area (Å²) in [6, 6.07) is 11.7. The Morgan fingerprint density at radius 1 is 1.16 bits per heavy atom. The van der Waals surface area contributed by atoms with E-state index in [1.54, 1.807) is 18.3 Å². The van der Waals surface area contributed by atoms with Crippen molar-refractivity contribution in [3.63, 3.8) is 0 Å². The fraction of sp³-hybridized carbons (Fsp3) is 0.370. The van der Waals surface area contributed by atoms with Gasteiger partial charge in [-0.15, -0.1) is 0 Å². The van der Waals surface area contributed by atoms with Crippen LogP contribution in [0.2, 0.25) is 0 Å². The van der Waals surface area contributed by atoms with Crippen molar-refractivity contribution in [1.29, 1.82) is 0 Å². The molecule has 1 unspecified atom stereocenters. The van der Waals surface area contributed by atoms with Gasteiger partial charge in [0.15, 0.2) is 5.82 Å². The zero-order chi connectivity index (χ0) is 26.6. The summed E-state index contributed by atoms with van der Waals surface area (Å²) in [5.74, 6) is 1.37. The van der Waals surface area contributed by atoms with Crippen LogP contribution in [-0.4, -0.2) is 39.2 Å². The lowest BCUT2D eigenvalue weighted by molar-refractivity contribution is -0.127. The molecule has 2 aromatic carbocycles. The number of nitrogens with one attached hydrogen (secondary N) is 3. The molecule has 0 spiro atoms. The summed E-state index contributed by atoms with van der Waals surface area (Å²) in [5.41, 5.74) is 14.8. The van der Waals surface area contributed by atoms with Crippen LogP contribution in [0.5, 0.6) is 5.75 Å². The van der Waals surface area contributed by atoms with E-state index in [0.29, 0.717) is 30.5 Å². The molecule has 200 valence electrons. The van der Waals surface area contributed by atoms with Crippen LogP contribution < -0.4 is 21.5 Å². The Balaban J connectivity index is 1.39. The van der Waals surface area contributed by atoms with Gasteiger partial charge in [-0.05, 0) is 68.0 Å². The number of aromatic nitrogens is 4. The van der Waals surface area contributed by atoms with E-state index in [0.717, 1.165) is 53.4 Å². The molecule has 38 heavy (non-hydrogen) atoms. The Bertz CT molecular complexity index is 1400. The number of halogens is 2. The van der Waals surface area contributed by atoms with Crippen LogP contribution in [0.15, 0.2) is 48.7 Å². The fourth-order valence-electron chi connectivity index (χ4n) is 5.12. The average Bonchev–Trinajstić information content (AvgIpc) is 3.55. The molecule has 0 saturated heterocycles. The molecule has 5 rings (SSSR count). The minimum absolute atomic E-state index is 0.0437. The van der Waals surface area contributed by atoms with E-state index in [-0.39, 0.29) is 17.6 Å². The number of imidazole rings is 1. The Morgan fingerprint density at radius 2 is 1.97 bits per heavy atom. The number of anilines is 1. The van der Waals surface area contributed by atoms with Gasteiger partial charge in [0, 0.05) is 23.3 Å². The number of alkyl halides is 2. The number of hydrogen-bond acceptors (Lipinski definition) is 6. The number of fused-ring (bicyclic) bond motifs is 1. The summed E-state index contributed by atoms with van der Waals surface area (Å²) >= 11 is 0. The van der Waals surface area contributed by atoms with Gasteiger partial charge in [-0.3, -0.25) is 9.89 Å². The maximum absolute atomic E-state index is 13.3. The first-order valence-corrected chi connectivity index (χ1v) is 12.7. The molecular formula is C27H31F2N7O2. The third kappa shape index (κ3) is 5.77. The smallest absolute Gasteiger partial charge is 0.387 e. The molecule has 1 fully saturated rings. The Kier molecular flexibility index (Phi) is 7.54. The van der Waals surface area contributed by atoms with Crippen molar-refractivity contribution in [2.75, 3.05) is 12.3 Å². The van der Waals surface area contributed by atoms with E-state index in [4.69, 9.17) is 11.5 Å². The second kappa shape index (κ2) is 11.2. The highest BCUT2D eigenvalue weighted by atomic mass is 19.3. The lowest BCUT2D eigenvalue weighted by atomic mass is 9.81. The quantitative estimate of drug-likeness (QED) is 0.221. The summed E-state index contributed by atoms with van der Waals surface area (Å²) in [6.07, 6.45) is 5.48. The second-order valence-corrected chi connectivity index (χ2v) is 9.80. The van der Waals surface area contributed by atoms with Gasteiger partial charge in [0.05, 0.1) is 23.4 Å². The number of rotatable bonds is 9. The van der Waals surface area contributed by atoms with Crippen LogP contribution in [0.25, 0.3) is 22.2 Å². The molecule has 9 nitrogen and oxygen atoms in total. The first-order chi connectivity index (χ1) is 18.4. The zero-order valence-corrected chi connectivity index (χ0v) is 20.8. The second-order valence-electron chi connectivity index (χ2n) is 9.80. The maximum atomic E-state index is 13.3. The molecule has 11 heteroatoms. The minimum atomic E-state index is -2.92. The predicted molar refractivity (Wildman–Crippen MR) is 140 cm³/mol. The number of hydrogen-bond donors (Lipinski definition) is 5. The van der Waals surface area contributed by atoms with E-state index in [1.807, 2.05) is 24.3 Å². The molecule has 7 N–H and O–H groups in total. The molecule has 4 aromatic rings. The van der Waals surface area contributed by atoms with E-state index >= 15 is 0 Å². The van der Waals surface area contributed by atoms with Gasteiger partial charge in [0.1, 0.15) is 11.6 Å². The van der Waals surface area contributed by atoms with Crippen molar-refractivity contribution >= 4 is 22.6 Å². The molecule has 0 radical (unpaired) electrons. The molecule has 1 aliphatic carbocycles. The molecule has 1 amide bonds. The summed E-state index contributed by atoms with van der Waals surface area (Å²) in [7, 11) is 0. The minimum Gasteiger partial charge on any atom is -0.435 e. The van der Waals surface area contributed by atoms with Gasteiger partial charge in [-0.1, -0.05) is 18.2 Å². The highest BCUT2D eigenvalue weighted by Crippen LogP contribution is 2.30. The van der Waals surface area contributed by atoms with Crippen molar-refractivity contribution in [1.82, 2.24) is 25.5 Å². The van der Waals surface area contributed by atoms with Crippen molar-refractivity contribution in [2.24, 2.45) is 17.6 Å². The number of amides is 1. The topological polar surface area (TPSA) is 148 Å². The van der Waals surface area contributed by atoms with Gasteiger partial charge in [-0.2, -0.15) is 13.9 Å². The van der Waals surface area contributed by atoms with Crippen LogP contribution in [-0.2, 0) is 11.2 Å². The summed E-state index contributed by atoms with van der Waals surface area (Å²) in [4.78, 5) is 21.2. The number of carbonyl (C=O) groups excluding carboxylic acids is 1. The SMILES string of the molecule is NCC1CCC(C(=O)NC(Cc2cccc(OC(F)F)c2)c2ncc(-c3ccc4c(N)n[nH]c4c3)[nH]2)CC1. The average molecular weight is 524 g/mol. The normalized spacial score (nSPS) is 18.5. The Morgan fingerprint density at radius 3 is 2.74 bits per heavy atom. The van der Waals surface area contributed by atoms with Crippen LogP contribution in [0.3, 0.4) is 0 Å². The van der Waals surface area contributed by atoms with Gasteiger partial charge in [-0.25, -0.2) is 4.98 Å². The number of nitrogen functional groups attached to an aromatic ring is 1. The highest BCUT2D eigenvalue weighted by Gasteiger charge is 2.28. The lowest BCUT2D eigenvalue weighted by Crippen LogP contribution is -2.37. The Labute approximate surface area is 218 Å². The van der Waals surface area contributed by atoms with E-state index in [9.17, 15) is 13.6 Å². The summed E-state index contributed by atoms with van der Waals surface area (Å²) in [6.45, 7) is -2.28. The number of H-pyrrole nitrogens is 2. The molecule has 2 heterocycles. The predicted octanol–water partition coefficient (Wildman–Crippen LogP) is 4.30. The molecule has 1 atom stereocenters. The van der Waals surface area contributed by atoms with Gasteiger partial charge in [0.25, 0.3) is 0 Å². The number of nitrogens with zero attached hydrogens (tertiary/aromatic N) is 2. The lowest BCUT2D eigenvalue weighted by Gasteiger charge is -2.28. The highest BCUT2D eigenvalue weighted by molar-refractivity contribution is 5.91. The number of aromatic amines is 2. The van der Waals surface area contributed by atoms with Crippen LogP contribution in [0, 0.1) is 11.8 Å². The van der Waals surface area contributed by atoms with Gasteiger partial charge < -0.3 is 26.5 Å². The van der Waals surface area contributed by atoms with Crippen molar-refractivity contribution in [3.8, 4) is 17.0 Å². The third-order valence-corrected chi connectivity index (χ3v) is 7.26. The van der Waals surface area contributed by atoms with E-state index < -0.39 is 12.7 Å². The molecule has 0 bridgehead atoms. The number of carbonyl (C=O) groups is 1. The number of nitrogens with two attached hydrogens (primary N) is 2. The van der Waals surface area contributed by atoms with E-state index in [2.05, 4.69) is 30.2 Å². The van der Waals surface area contributed by atoms with Crippen LogP contribution >= 0.6 is 0 Å². The van der Waals surface area contributed by atoms with E-state index in [1.165, 1.54) is 6.07 Å². The van der Waals surface area contributed by atoms with Gasteiger partial charge in [0.2, 0.25) is 5.91 Å². The van der Waals surface area contributed by atoms with Crippen molar-refractivity contribution in [2.45, 2.75) is 44.8 Å². The number of benzene rings is 2. The Hall–Kier alpha value is -3.99. The maximum Gasteiger partial charge on any atom is 0.387 e. The molecule has 0 aliphatic heterocycles. The number of ether oxygens (including phenoxy) is 1. The fourth-order valence-corrected chi connectivity index (χ4v) is 5.12. The standard InChI is InChI=1S/C27H31F2N7O2/c28-27(29)38-19-3-1-2-16(10-19)11-22(34-26(37)17-6-4-15(13-30)5-7-17)25-32-14-23(33-25)18-8-9-20-21(12-18)35-36-24(20)31/h1-3,8-10,12,14-15,17,22,27H,4-7,11,13,30H2,(H,32,33)(H,34,37)(H3,31,35,36). The summed E-state index contributed by atoms with van der Waals surface area (Å²) in [5, 5.41) is 10.9. The monoisotopic (exact) mass is 523 g/mol. The molecule has 1 saturated carbocycles. The molecule has 1 aliphatic rings. The first-order valence-electron chi connectivity index (χ1n) is 12.7. The van der Waals surface area contributed by atoms with Crippen LogP contribution in [0.4, 0.5) is 14.6 Å². The van der Waals surface area contributed by atoms with Crippen molar-refractivity contribution < 1.29 is 18.3 Å². The summed E-state index contributed by atoms with van der Waals surface area (Å²) < 4.78 is 30.1. The molecule has 2 aromatic heterocycles. The first kappa shape index (κ1) is 25.7. The van der Waals surface area contributed by atoms with Gasteiger partial charge >= 0.3 is 6.61 Å². The third-order valence-electron chi connectivity index (χ3n) is 7.26. The largest absolute Gasteiger partial charge is 0.435 e. The van der Waals surface area contributed by atoms with Crippen molar-refractivity contribution in [3.05, 3.63) is 60.0 Å². The zero-order valence-electron chi connectivity index (χ0n) is 20.8. The molecular weight excluding hydrogens is 492 g/mol. The van der Waals surface area contributed by atoms with Crippen LogP contribution in [0.1, 0.15) is 43.1 Å².